The van der Waals surface area contributed by atoms with Gasteiger partial charge in [0, 0.05) is 35.4 Å². The first-order valence-corrected chi connectivity index (χ1v) is 13.9. The van der Waals surface area contributed by atoms with Gasteiger partial charge < -0.3 is 0 Å². The fourth-order valence-corrected chi connectivity index (χ4v) is 4.49. The van der Waals surface area contributed by atoms with Crippen molar-refractivity contribution in [2.75, 3.05) is 0 Å². The fraction of sp³-hybridized carbons (Fsp3) is 0.0556. The van der Waals surface area contributed by atoms with Crippen molar-refractivity contribution >= 4 is 22.7 Å². The van der Waals surface area contributed by atoms with Crippen LogP contribution in [0.5, 0.6) is 0 Å². The van der Waals surface area contributed by atoms with Gasteiger partial charge in [0.25, 0.3) is 0 Å². The van der Waals surface area contributed by atoms with Crippen molar-refractivity contribution in [2.24, 2.45) is 20.5 Å². The summed E-state index contributed by atoms with van der Waals surface area (Å²) in [6.45, 7) is 1.58. The molecule has 0 saturated carbocycles. The molecule has 0 unspecified atom stereocenters. The highest BCUT2D eigenvalue weighted by Gasteiger charge is 2.08. The van der Waals surface area contributed by atoms with Gasteiger partial charge >= 0.3 is 0 Å². The van der Waals surface area contributed by atoms with Gasteiger partial charge in [0.15, 0.2) is 37.9 Å². The fourth-order valence-electron chi connectivity index (χ4n) is 4.49. The zero-order valence-electron chi connectivity index (χ0n) is 23.1. The summed E-state index contributed by atoms with van der Waals surface area (Å²) in [5.74, 6) is 0. The first kappa shape index (κ1) is 26.6. The van der Waals surface area contributed by atoms with Gasteiger partial charge in [-0.2, -0.15) is 20.5 Å². The Morgan fingerprint density at radius 1 is 0.333 bits per heavy atom. The number of benzene rings is 4. The molecule has 0 aliphatic carbocycles. The lowest BCUT2D eigenvalue weighted by Gasteiger charge is -2.03. The van der Waals surface area contributed by atoms with Gasteiger partial charge in [-0.15, -0.1) is 0 Å². The predicted molar refractivity (Wildman–Crippen MR) is 165 cm³/mol. The van der Waals surface area contributed by atoms with Gasteiger partial charge in [-0.3, -0.25) is 0 Å². The van der Waals surface area contributed by atoms with Crippen LogP contribution in [0, 0.1) is 0 Å². The van der Waals surface area contributed by atoms with E-state index in [1.807, 2.05) is 84.9 Å². The van der Waals surface area contributed by atoms with Crippen molar-refractivity contribution in [3.63, 3.8) is 0 Å². The van der Waals surface area contributed by atoms with E-state index in [2.05, 4.69) is 103 Å². The molecule has 42 heavy (non-hydrogen) atoms. The van der Waals surface area contributed by atoms with E-state index in [1.54, 1.807) is 0 Å². The maximum Gasteiger partial charge on any atom is 0.173 e. The lowest BCUT2D eigenvalue weighted by atomic mass is 10.1. The zero-order chi connectivity index (χ0) is 28.4. The number of hydrogen-bond acceptors (Lipinski definition) is 4. The molecule has 4 aromatic carbocycles. The summed E-state index contributed by atoms with van der Waals surface area (Å²) >= 11 is 0. The summed E-state index contributed by atoms with van der Waals surface area (Å²) in [7, 11) is 0. The standard InChI is InChI=1S/C36H30N6/c1-3-7-33(8-4-1)37-39-35-15-11-29(12-16-35)27-41-23-19-31(20-24-41)32-21-25-42(26-22-32)28-30-13-17-36(18-14-30)40-38-34-9-5-2-6-10-34/h1-26H,27-28H2/q+2. The quantitative estimate of drug-likeness (QED) is 0.128. The van der Waals surface area contributed by atoms with Crippen LogP contribution in [0.2, 0.25) is 0 Å². The molecule has 0 spiro atoms. The molecule has 2 heterocycles. The second-order valence-corrected chi connectivity index (χ2v) is 9.92. The molecule has 0 aliphatic rings. The Kier molecular flexibility index (Phi) is 8.33. The number of aromatic nitrogens is 2. The van der Waals surface area contributed by atoms with Crippen molar-refractivity contribution in [3.05, 3.63) is 169 Å². The molecule has 0 radical (unpaired) electrons. The van der Waals surface area contributed by atoms with Crippen molar-refractivity contribution in [3.8, 4) is 11.1 Å². The van der Waals surface area contributed by atoms with Crippen LogP contribution in [0.3, 0.4) is 0 Å². The second kappa shape index (κ2) is 13.2. The van der Waals surface area contributed by atoms with Gasteiger partial charge in [0.1, 0.15) is 0 Å². The van der Waals surface area contributed by atoms with Crippen LogP contribution in [0.4, 0.5) is 22.7 Å². The molecular formula is C36H30N6+2. The minimum absolute atomic E-state index is 0.789. The van der Waals surface area contributed by atoms with E-state index in [0.717, 1.165) is 35.8 Å². The summed E-state index contributed by atoms with van der Waals surface area (Å²) in [5, 5.41) is 17.2. The van der Waals surface area contributed by atoms with Gasteiger partial charge in [0.2, 0.25) is 0 Å². The van der Waals surface area contributed by atoms with Crippen LogP contribution in [0.15, 0.2) is 179 Å². The third-order valence-electron chi connectivity index (χ3n) is 6.79. The topological polar surface area (TPSA) is 57.2 Å². The predicted octanol–water partition coefficient (Wildman–Crippen LogP) is 8.86. The molecule has 0 saturated heterocycles. The molecule has 0 atom stereocenters. The molecular weight excluding hydrogens is 516 g/mol. The van der Waals surface area contributed by atoms with Crippen molar-refractivity contribution < 1.29 is 9.13 Å². The monoisotopic (exact) mass is 546 g/mol. The van der Waals surface area contributed by atoms with Crippen LogP contribution >= 0.6 is 0 Å². The lowest BCUT2D eigenvalue weighted by molar-refractivity contribution is -0.688. The van der Waals surface area contributed by atoms with Crippen LogP contribution in [-0.2, 0) is 13.1 Å². The van der Waals surface area contributed by atoms with E-state index < -0.39 is 0 Å². The summed E-state index contributed by atoms with van der Waals surface area (Å²) in [5.41, 5.74) is 8.15. The normalized spacial score (nSPS) is 11.3. The molecule has 0 bridgehead atoms. The Morgan fingerprint density at radius 2 is 0.643 bits per heavy atom. The Balaban J connectivity index is 1.03. The molecule has 0 N–H and O–H groups in total. The van der Waals surface area contributed by atoms with Crippen LogP contribution in [0.25, 0.3) is 11.1 Å². The van der Waals surface area contributed by atoms with Crippen LogP contribution < -0.4 is 9.13 Å². The molecule has 0 fully saturated rings. The molecule has 6 heteroatoms. The van der Waals surface area contributed by atoms with Gasteiger partial charge in [-0.25, -0.2) is 9.13 Å². The molecule has 6 aromatic rings. The van der Waals surface area contributed by atoms with Gasteiger partial charge in [-0.1, -0.05) is 60.7 Å². The number of azo groups is 2. The Labute approximate surface area is 245 Å². The summed E-state index contributed by atoms with van der Waals surface area (Å²) in [6.07, 6.45) is 8.48. The Morgan fingerprint density at radius 3 is 0.976 bits per heavy atom. The summed E-state index contributed by atoms with van der Waals surface area (Å²) < 4.78 is 4.35. The molecule has 6 rings (SSSR count). The highest BCUT2D eigenvalue weighted by Crippen LogP contribution is 2.20. The highest BCUT2D eigenvalue weighted by molar-refractivity contribution is 5.61. The minimum Gasteiger partial charge on any atom is -0.201 e. The molecule has 6 nitrogen and oxygen atoms in total. The average Bonchev–Trinajstić information content (AvgIpc) is 3.06. The van der Waals surface area contributed by atoms with E-state index >= 15 is 0 Å². The zero-order valence-corrected chi connectivity index (χ0v) is 23.1. The third kappa shape index (κ3) is 7.31. The molecule has 0 amide bonds. The van der Waals surface area contributed by atoms with Crippen LogP contribution in [-0.4, -0.2) is 0 Å². The van der Waals surface area contributed by atoms with E-state index in [1.165, 1.54) is 22.3 Å². The Bertz CT molecular complexity index is 1630. The maximum absolute atomic E-state index is 4.33. The smallest absolute Gasteiger partial charge is 0.173 e. The largest absolute Gasteiger partial charge is 0.201 e. The Hall–Kier alpha value is -5.62. The SMILES string of the molecule is c1ccc(N=Nc2ccc(C[n+]3ccc(-c4cc[n+](Cc5ccc(N=Nc6ccccc6)cc5)cc4)cc3)cc2)cc1. The van der Waals surface area contributed by atoms with Gasteiger partial charge in [-0.05, 0) is 59.7 Å². The maximum atomic E-state index is 4.33. The third-order valence-corrected chi connectivity index (χ3v) is 6.79. The van der Waals surface area contributed by atoms with Crippen LogP contribution in [0.1, 0.15) is 11.1 Å². The van der Waals surface area contributed by atoms with E-state index in [-0.39, 0.29) is 0 Å². The van der Waals surface area contributed by atoms with Crippen molar-refractivity contribution in [1.82, 2.24) is 0 Å². The molecule has 0 aliphatic heterocycles. The van der Waals surface area contributed by atoms with Gasteiger partial charge in [0.05, 0.1) is 22.7 Å². The number of rotatable bonds is 9. The summed E-state index contributed by atoms with van der Waals surface area (Å²) in [4.78, 5) is 0. The lowest BCUT2D eigenvalue weighted by Crippen LogP contribution is -2.33. The van der Waals surface area contributed by atoms with E-state index in [0.29, 0.717) is 0 Å². The van der Waals surface area contributed by atoms with Crippen molar-refractivity contribution in [2.45, 2.75) is 13.1 Å². The average molecular weight is 547 g/mol. The summed E-state index contributed by atoms with van der Waals surface area (Å²) in [6, 6.07) is 44.5. The van der Waals surface area contributed by atoms with E-state index in [9.17, 15) is 0 Å². The number of nitrogens with zero attached hydrogens (tertiary/aromatic N) is 6. The first-order valence-electron chi connectivity index (χ1n) is 13.9. The van der Waals surface area contributed by atoms with E-state index in [4.69, 9.17) is 0 Å². The number of hydrogen-bond donors (Lipinski definition) is 0. The van der Waals surface area contributed by atoms with Crippen molar-refractivity contribution in [1.29, 1.82) is 0 Å². The molecule has 2 aromatic heterocycles. The first-order chi connectivity index (χ1) is 20.8. The minimum atomic E-state index is 0.789. The highest BCUT2D eigenvalue weighted by atomic mass is 15.1. The second-order valence-electron chi connectivity index (χ2n) is 9.92. The molecule has 202 valence electrons. The number of pyridine rings is 2.